The van der Waals surface area contributed by atoms with E-state index in [1.54, 1.807) is 54.9 Å². The van der Waals surface area contributed by atoms with Crippen LogP contribution in [0.2, 0.25) is 10.0 Å². The highest BCUT2D eigenvalue weighted by Crippen LogP contribution is 2.43. The van der Waals surface area contributed by atoms with Crippen LogP contribution in [0.3, 0.4) is 0 Å². The van der Waals surface area contributed by atoms with Crippen LogP contribution in [0.25, 0.3) is 5.76 Å². The van der Waals surface area contributed by atoms with Crippen molar-refractivity contribution in [1.29, 1.82) is 0 Å². The van der Waals surface area contributed by atoms with Crippen LogP contribution >= 0.6 is 23.2 Å². The Kier molecular flexibility index (Phi) is 5.91. The molecule has 3 aromatic rings. The second-order valence-corrected chi connectivity index (χ2v) is 8.05. The summed E-state index contributed by atoms with van der Waals surface area (Å²) in [6.45, 7) is 1.84. The molecule has 1 amide bonds. The van der Waals surface area contributed by atoms with Crippen molar-refractivity contribution in [3.8, 4) is 5.75 Å². The molecule has 1 fully saturated rings. The highest BCUT2D eigenvalue weighted by molar-refractivity contribution is 6.52. The summed E-state index contributed by atoms with van der Waals surface area (Å²) in [7, 11) is 1.47. The van der Waals surface area contributed by atoms with Gasteiger partial charge in [0.2, 0.25) is 0 Å². The number of aryl methyl sites for hydroxylation is 1. The number of aromatic nitrogens is 1. The smallest absolute Gasteiger partial charge is 0.300 e. The van der Waals surface area contributed by atoms with Gasteiger partial charge in [-0.2, -0.15) is 0 Å². The van der Waals surface area contributed by atoms with Crippen molar-refractivity contribution in [3.63, 3.8) is 0 Å². The standard InChI is InChI=1S/C24H18Cl2N2O4/c1-13-5-6-15(10-19(13)26)28-21(14-4-3-9-27-12-14)20(23(30)24(28)31)22(29)17-11-16(32-2)7-8-18(17)25/h3-12,21,29H,1-2H3/b22-20+. The summed E-state index contributed by atoms with van der Waals surface area (Å²) in [5.41, 5.74) is 1.87. The molecule has 1 aliphatic rings. The van der Waals surface area contributed by atoms with Gasteiger partial charge in [-0.15, -0.1) is 0 Å². The van der Waals surface area contributed by atoms with Gasteiger partial charge in [-0.1, -0.05) is 35.3 Å². The van der Waals surface area contributed by atoms with Crippen LogP contribution < -0.4 is 9.64 Å². The van der Waals surface area contributed by atoms with Gasteiger partial charge in [0.15, 0.2) is 0 Å². The predicted octanol–water partition coefficient (Wildman–Crippen LogP) is 5.33. The summed E-state index contributed by atoms with van der Waals surface area (Å²) in [4.78, 5) is 31.8. The highest BCUT2D eigenvalue weighted by Gasteiger charge is 2.47. The lowest BCUT2D eigenvalue weighted by molar-refractivity contribution is -0.132. The molecule has 0 radical (unpaired) electrons. The van der Waals surface area contributed by atoms with E-state index in [0.29, 0.717) is 22.0 Å². The molecule has 4 rings (SSSR count). The minimum atomic E-state index is -0.926. The Labute approximate surface area is 194 Å². The number of hydrogen-bond acceptors (Lipinski definition) is 5. The largest absolute Gasteiger partial charge is 0.507 e. The summed E-state index contributed by atoms with van der Waals surface area (Å²) in [6.07, 6.45) is 3.12. The monoisotopic (exact) mass is 468 g/mol. The topological polar surface area (TPSA) is 79.7 Å². The Morgan fingerprint density at radius 3 is 2.53 bits per heavy atom. The number of ether oxygens (including phenoxy) is 1. The molecule has 6 nitrogen and oxygen atoms in total. The molecule has 0 aliphatic carbocycles. The SMILES string of the molecule is COc1ccc(Cl)c(/C(O)=C2\C(=O)C(=O)N(c3ccc(C)c(Cl)c3)C2c2cccnc2)c1. The van der Waals surface area contributed by atoms with Gasteiger partial charge in [-0.05, 0) is 54.4 Å². The first-order valence-corrected chi connectivity index (χ1v) is 10.4. The van der Waals surface area contributed by atoms with E-state index in [1.165, 1.54) is 18.1 Å². The molecule has 0 bridgehead atoms. The van der Waals surface area contributed by atoms with Gasteiger partial charge >= 0.3 is 0 Å². The van der Waals surface area contributed by atoms with E-state index in [1.807, 2.05) is 6.92 Å². The maximum atomic E-state index is 13.2. The van der Waals surface area contributed by atoms with Gasteiger partial charge in [0, 0.05) is 28.7 Å². The first-order valence-electron chi connectivity index (χ1n) is 9.64. The lowest BCUT2D eigenvalue weighted by atomic mass is 9.96. The number of Topliss-reactive ketones (excluding diaryl/α,β-unsaturated/α-hetero) is 1. The average molecular weight is 469 g/mol. The summed E-state index contributed by atoms with van der Waals surface area (Å²) in [5, 5.41) is 11.9. The molecular formula is C24H18Cl2N2O4. The molecule has 1 aliphatic heterocycles. The quantitative estimate of drug-likeness (QED) is 0.317. The number of hydrogen-bond donors (Lipinski definition) is 1. The van der Waals surface area contributed by atoms with Crippen LogP contribution in [0.5, 0.6) is 5.75 Å². The van der Waals surface area contributed by atoms with E-state index < -0.39 is 23.5 Å². The number of aliphatic hydroxyl groups excluding tert-OH is 1. The van der Waals surface area contributed by atoms with Crippen molar-refractivity contribution >= 4 is 46.3 Å². The zero-order valence-corrected chi connectivity index (χ0v) is 18.7. The molecule has 8 heteroatoms. The molecule has 1 N–H and O–H groups in total. The molecule has 32 heavy (non-hydrogen) atoms. The number of rotatable bonds is 4. The number of carbonyl (C=O) groups is 2. The minimum absolute atomic E-state index is 0.102. The van der Waals surface area contributed by atoms with Crippen LogP contribution in [0.4, 0.5) is 5.69 Å². The third-order valence-corrected chi connectivity index (χ3v) is 6.04. The second kappa shape index (κ2) is 8.65. The number of pyridine rings is 1. The van der Waals surface area contributed by atoms with Gasteiger partial charge in [-0.25, -0.2) is 0 Å². The van der Waals surface area contributed by atoms with E-state index in [9.17, 15) is 14.7 Å². The van der Waals surface area contributed by atoms with Crippen LogP contribution in [-0.4, -0.2) is 28.9 Å². The average Bonchev–Trinajstić information content (AvgIpc) is 3.07. The molecule has 0 saturated carbocycles. The highest BCUT2D eigenvalue weighted by atomic mass is 35.5. The fourth-order valence-corrected chi connectivity index (χ4v) is 4.02. The van der Waals surface area contributed by atoms with Crippen LogP contribution in [0.15, 0.2) is 66.5 Å². The second-order valence-electron chi connectivity index (χ2n) is 7.23. The number of nitrogens with zero attached hydrogens (tertiary/aromatic N) is 2. The van der Waals surface area contributed by atoms with Crippen molar-refractivity contribution in [3.05, 3.63) is 93.2 Å². The Balaban J connectivity index is 1.97. The van der Waals surface area contributed by atoms with Crippen molar-refractivity contribution < 1.29 is 19.4 Å². The first kappa shape index (κ1) is 21.9. The molecule has 2 aromatic carbocycles. The Morgan fingerprint density at radius 1 is 1.09 bits per heavy atom. The maximum Gasteiger partial charge on any atom is 0.300 e. The molecule has 1 atom stereocenters. The van der Waals surface area contributed by atoms with Gasteiger partial charge in [0.25, 0.3) is 11.7 Å². The van der Waals surface area contributed by atoms with Crippen molar-refractivity contribution in [2.45, 2.75) is 13.0 Å². The lowest BCUT2D eigenvalue weighted by Gasteiger charge is -2.25. The van der Waals surface area contributed by atoms with Gasteiger partial charge in [0.05, 0.1) is 23.7 Å². The van der Waals surface area contributed by atoms with E-state index >= 15 is 0 Å². The summed E-state index contributed by atoms with van der Waals surface area (Å²) < 4.78 is 5.22. The van der Waals surface area contributed by atoms with Crippen molar-refractivity contribution in [1.82, 2.24) is 4.98 Å². The molecule has 1 aromatic heterocycles. The third-order valence-electron chi connectivity index (χ3n) is 5.31. The number of methoxy groups -OCH3 is 1. The lowest BCUT2D eigenvalue weighted by Crippen LogP contribution is -2.29. The van der Waals surface area contributed by atoms with E-state index in [0.717, 1.165) is 5.56 Å². The van der Waals surface area contributed by atoms with E-state index in [4.69, 9.17) is 27.9 Å². The number of benzene rings is 2. The molecule has 1 unspecified atom stereocenters. The van der Waals surface area contributed by atoms with Crippen LogP contribution in [0.1, 0.15) is 22.7 Å². The number of halogens is 2. The van der Waals surface area contributed by atoms with Crippen LogP contribution in [0, 0.1) is 6.92 Å². The molecule has 2 heterocycles. The van der Waals surface area contributed by atoms with Crippen molar-refractivity contribution in [2.75, 3.05) is 12.0 Å². The normalized spacial score (nSPS) is 17.6. The van der Waals surface area contributed by atoms with Crippen molar-refractivity contribution in [2.24, 2.45) is 0 Å². The third kappa shape index (κ3) is 3.72. The summed E-state index contributed by atoms with van der Waals surface area (Å²) in [6, 6.07) is 12.3. The number of amides is 1. The fourth-order valence-electron chi connectivity index (χ4n) is 3.64. The number of carbonyl (C=O) groups excluding carboxylic acids is 2. The van der Waals surface area contributed by atoms with E-state index in [-0.39, 0.29) is 16.2 Å². The zero-order valence-electron chi connectivity index (χ0n) is 17.2. The molecular weight excluding hydrogens is 451 g/mol. The Bertz CT molecular complexity index is 1260. The summed E-state index contributed by atoms with van der Waals surface area (Å²) in [5.74, 6) is -1.60. The number of anilines is 1. The Hall–Kier alpha value is -3.35. The maximum absolute atomic E-state index is 13.2. The molecule has 162 valence electrons. The van der Waals surface area contributed by atoms with Crippen LogP contribution in [-0.2, 0) is 9.59 Å². The zero-order chi connectivity index (χ0) is 23.0. The van der Waals surface area contributed by atoms with Gasteiger partial charge in [0.1, 0.15) is 11.5 Å². The van der Waals surface area contributed by atoms with Gasteiger partial charge < -0.3 is 9.84 Å². The minimum Gasteiger partial charge on any atom is -0.507 e. The number of ketones is 1. The summed E-state index contributed by atoms with van der Waals surface area (Å²) >= 11 is 12.6. The Morgan fingerprint density at radius 2 is 1.88 bits per heavy atom. The van der Waals surface area contributed by atoms with Gasteiger partial charge in [-0.3, -0.25) is 19.5 Å². The predicted molar refractivity (Wildman–Crippen MR) is 123 cm³/mol. The number of aliphatic hydroxyl groups is 1. The first-order chi connectivity index (χ1) is 15.3. The van der Waals surface area contributed by atoms with E-state index in [2.05, 4.69) is 4.98 Å². The molecule has 0 spiro atoms. The fraction of sp³-hybridized carbons (Fsp3) is 0.125. The molecule has 1 saturated heterocycles.